The molecular formula is C14H17NO5. The number of fused-ring (bicyclic) bond motifs is 1. The van der Waals surface area contributed by atoms with Crippen LogP contribution < -0.4 is 0 Å². The molecule has 0 aromatic carbocycles. The van der Waals surface area contributed by atoms with Gasteiger partial charge in [0.2, 0.25) is 0 Å². The van der Waals surface area contributed by atoms with E-state index in [2.05, 4.69) is 4.98 Å². The van der Waals surface area contributed by atoms with E-state index in [4.69, 9.17) is 14.3 Å². The standard InChI is InChI=1S/C14H17NO5/c1-19-14(18)9-4-8(5-9)12-15-10-3-2-7(13(16)17)6-11(10)20-12/h7-9H,2-6H2,1H3,(H,16,17). The summed E-state index contributed by atoms with van der Waals surface area (Å²) in [6, 6.07) is 0. The Bertz CT molecular complexity index is 544. The molecule has 20 heavy (non-hydrogen) atoms. The molecule has 2 aliphatic rings. The molecule has 6 heteroatoms. The van der Waals surface area contributed by atoms with E-state index in [1.54, 1.807) is 0 Å². The van der Waals surface area contributed by atoms with Gasteiger partial charge in [0, 0.05) is 12.3 Å². The maximum Gasteiger partial charge on any atom is 0.308 e. The highest BCUT2D eigenvalue weighted by atomic mass is 16.5. The molecule has 2 aliphatic carbocycles. The molecule has 0 spiro atoms. The highest BCUT2D eigenvalue weighted by Crippen LogP contribution is 2.43. The van der Waals surface area contributed by atoms with Crippen LogP contribution in [0.25, 0.3) is 0 Å². The van der Waals surface area contributed by atoms with Crippen molar-refractivity contribution in [2.75, 3.05) is 7.11 Å². The van der Waals surface area contributed by atoms with E-state index in [0.29, 0.717) is 43.8 Å². The lowest BCUT2D eigenvalue weighted by Gasteiger charge is -2.30. The van der Waals surface area contributed by atoms with Gasteiger partial charge in [-0.1, -0.05) is 0 Å². The SMILES string of the molecule is COC(=O)C1CC(c2nc3c(o2)CC(C(=O)O)CC3)C1. The minimum absolute atomic E-state index is 0.0549. The summed E-state index contributed by atoms with van der Waals surface area (Å²) >= 11 is 0. The second-order valence-corrected chi connectivity index (χ2v) is 5.59. The molecule has 0 radical (unpaired) electrons. The monoisotopic (exact) mass is 279 g/mol. The number of hydrogen-bond donors (Lipinski definition) is 1. The maximum absolute atomic E-state index is 11.3. The number of nitrogens with zero attached hydrogens (tertiary/aromatic N) is 1. The van der Waals surface area contributed by atoms with Gasteiger partial charge in [-0.15, -0.1) is 0 Å². The number of carboxylic acids is 1. The summed E-state index contributed by atoms with van der Waals surface area (Å²) in [6.45, 7) is 0. The number of ether oxygens (including phenoxy) is 1. The van der Waals surface area contributed by atoms with Gasteiger partial charge in [0.05, 0.1) is 24.6 Å². The first kappa shape index (κ1) is 13.1. The molecule has 1 atom stereocenters. The Morgan fingerprint density at radius 2 is 2.10 bits per heavy atom. The summed E-state index contributed by atoms with van der Waals surface area (Å²) in [6.07, 6.45) is 3.10. The van der Waals surface area contributed by atoms with Gasteiger partial charge in [-0.2, -0.15) is 0 Å². The number of carboxylic acid groups (broad SMARTS) is 1. The molecular weight excluding hydrogens is 262 g/mol. The third-order valence-electron chi connectivity index (χ3n) is 4.33. The lowest BCUT2D eigenvalue weighted by atomic mass is 9.75. The zero-order chi connectivity index (χ0) is 14.3. The van der Waals surface area contributed by atoms with Crippen molar-refractivity contribution in [3.05, 3.63) is 17.3 Å². The van der Waals surface area contributed by atoms with Crippen LogP contribution in [0.3, 0.4) is 0 Å². The second kappa shape index (κ2) is 4.92. The molecule has 1 unspecified atom stereocenters. The number of aryl methyl sites for hydroxylation is 1. The first-order chi connectivity index (χ1) is 9.58. The van der Waals surface area contributed by atoms with E-state index < -0.39 is 5.97 Å². The highest BCUT2D eigenvalue weighted by Gasteiger charge is 2.40. The summed E-state index contributed by atoms with van der Waals surface area (Å²) in [5, 5.41) is 9.05. The number of hydrogen-bond acceptors (Lipinski definition) is 5. The molecule has 3 rings (SSSR count). The Kier molecular flexibility index (Phi) is 3.23. The number of esters is 1. The summed E-state index contributed by atoms with van der Waals surface area (Å²) in [7, 11) is 1.39. The summed E-state index contributed by atoms with van der Waals surface area (Å²) in [5.74, 6) is 0.147. The van der Waals surface area contributed by atoms with Crippen molar-refractivity contribution in [2.45, 2.75) is 38.0 Å². The van der Waals surface area contributed by atoms with Crippen molar-refractivity contribution >= 4 is 11.9 Å². The van der Waals surface area contributed by atoms with Crippen LogP contribution in [0.2, 0.25) is 0 Å². The van der Waals surface area contributed by atoms with Gasteiger partial charge >= 0.3 is 11.9 Å². The van der Waals surface area contributed by atoms with E-state index in [0.717, 1.165) is 5.69 Å². The molecule has 0 bridgehead atoms. The van der Waals surface area contributed by atoms with Crippen LogP contribution in [0.1, 0.15) is 42.5 Å². The lowest BCUT2D eigenvalue weighted by molar-refractivity contribution is -0.149. The number of oxazole rings is 1. The Labute approximate surface area is 116 Å². The first-order valence-corrected chi connectivity index (χ1v) is 6.87. The quantitative estimate of drug-likeness (QED) is 0.844. The molecule has 1 N–H and O–H groups in total. The van der Waals surface area contributed by atoms with Crippen molar-refractivity contribution in [2.24, 2.45) is 11.8 Å². The van der Waals surface area contributed by atoms with E-state index in [1.807, 2.05) is 0 Å². The van der Waals surface area contributed by atoms with Crippen LogP contribution in [-0.4, -0.2) is 29.1 Å². The maximum atomic E-state index is 11.3. The first-order valence-electron chi connectivity index (χ1n) is 6.87. The van der Waals surface area contributed by atoms with Gasteiger partial charge in [0.1, 0.15) is 5.76 Å². The fourth-order valence-electron chi connectivity index (χ4n) is 2.96. The normalized spacial score (nSPS) is 28.4. The number of methoxy groups -OCH3 is 1. The van der Waals surface area contributed by atoms with Crippen LogP contribution in [0.4, 0.5) is 0 Å². The average Bonchev–Trinajstić information content (AvgIpc) is 2.78. The smallest absolute Gasteiger partial charge is 0.308 e. The summed E-state index contributed by atoms with van der Waals surface area (Å²) in [4.78, 5) is 26.8. The Morgan fingerprint density at radius 1 is 1.35 bits per heavy atom. The largest absolute Gasteiger partial charge is 0.481 e. The van der Waals surface area contributed by atoms with Crippen molar-refractivity contribution < 1.29 is 23.8 Å². The number of rotatable bonds is 3. The van der Waals surface area contributed by atoms with Gasteiger partial charge in [-0.05, 0) is 25.7 Å². The van der Waals surface area contributed by atoms with Crippen molar-refractivity contribution in [1.82, 2.24) is 4.98 Å². The molecule has 0 saturated heterocycles. The third-order valence-corrected chi connectivity index (χ3v) is 4.33. The number of carbonyl (C=O) groups is 2. The molecule has 1 saturated carbocycles. The molecule has 6 nitrogen and oxygen atoms in total. The number of aliphatic carboxylic acids is 1. The van der Waals surface area contributed by atoms with Crippen LogP contribution in [0.15, 0.2) is 4.42 Å². The van der Waals surface area contributed by atoms with Crippen molar-refractivity contribution in [1.29, 1.82) is 0 Å². The number of aromatic nitrogens is 1. The Morgan fingerprint density at radius 3 is 2.75 bits per heavy atom. The van der Waals surface area contributed by atoms with Gasteiger partial charge in [-0.3, -0.25) is 9.59 Å². The fourth-order valence-corrected chi connectivity index (χ4v) is 2.96. The Balaban J connectivity index is 1.67. The molecule has 0 amide bonds. The van der Waals surface area contributed by atoms with E-state index in [1.165, 1.54) is 7.11 Å². The zero-order valence-corrected chi connectivity index (χ0v) is 11.3. The number of carbonyl (C=O) groups excluding carboxylic acids is 1. The molecule has 1 aromatic rings. The van der Waals surface area contributed by atoms with Crippen LogP contribution in [-0.2, 0) is 27.2 Å². The molecule has 1 fully saturated rings. The van der Waals surface area contributed by atoms with Crippen LogP contribution >= 0.6 is 0 Å². The summed E-state index contributed by atoms with van der Waals surface area (Å²) < 4.78 is 10.4. The predicted molar refractivity (Wildman–Crippen MR) is 67.1 cm³/mol. The summed E-state index contributed by atoms with van der Waals surface area (Å²) in [5.41, 5.74) is 0.888. The topological polar surface area (TPSA) is 89.6 Å². The van der Waals surface area contributed by atoms with Crippen LogP contribution in [0, 0.1) is 11.8 Å². The highest BCUT2D eigenvalue weighted by molar-refractivity contribution is 5.73. The minimum atomic E-state index is -0.775. The second-order valence-electron chi connectivity index (χ2n) is 5.59. The van der Waals surface area contributed by atoms with Crippen molar-refractivity contribution in [3.63, 3.8) is 0 Å². The lowest BCUT2D eigenvalue weighted by Crippen LogP contribution is -2.30. The Hall–Kier alpha value is -1.85. The van der Waals surface area contributed by atoms with Crippen molar-refractivity contribution in [3.8, 4) is 0 Å². The van der Waals surface area contributed by atoms with E-state index in [9.17, 15) is 9.59 Å². The fraction of sp³-hybridized carbons (Fsp3) is 0.643. The van der Waals surface area contributed by atoms with Gasteiger partial charge < -0.3 is 14.3 Å². The molecule has 0 aliphatic heterocycles. The molecule has 1 heterocycles. The molecule has 108 valence electrons. The van der Waals surface area contributed by atoms with Gasteiger partial charge in [0.15, 0.2) is 5.89 Å². The third kappa shape index (κ3) is 2.19. The zero-order valence-electron chi connectivity index (χ0n) is 11.3. The van der Waals surface area contributed by atoms with E-state index in [-0.39, 0.29) is 23.7 Å². The predicted octanol–water partition coefficient (Wildman–Crippen LogP) is 1.53. The molecule has 1 aromatic heterocycles. The van der Waals surface area contributed by atoms with Crippen LogP contribution in [0.5, 0.6) is 0 Å². The van der Waals surface area contributed by atoms with Gasteiger partial charge in [0.25, 0.3) is 0 Å². The minimum Gasteiger partial charge on any atom is -0.481 e. The van der Waals surface area contributed by atoms with Gasteiger partial charge in [-0.25, -0.2) is 4.98 Å². The average molecular weight is 279 g/mol. The van der Waals surface area contributed by atoms with E-state index >= 15 is 0 Å².